The highest BCUT2D eigenvalue weighted by molar-refractivity contribution is 5.98. The summed E-state index contributed by atoms with van der Waals surface area (Å²) in [5, 5.41) is 0. The number of nitrogens with zero attached hydrogens (tertiary/aromatic N) is 1. The third-order valence-electron chi connectivity index (χ3n) is 9.32. The molecule has 0 saturated carbocycles. The number of alkyl halides is 6. The summed E-state index contributed by atoms with van der Waals surface area (Å²) < 4.78 is 105. The number of halogens is 6. The van der Waals surface area contributed by atoms with Crippen LogP contribution in [0.25, 0.3) is 0 Å². The van der Waals surface area contributed by atoms with Gasteiger partial charge in [-0.15, -0.1) is 0 Å². The quantitative estimate of drug-likeness (QED) is 0.120. The van der Waals surface area contributed by atoms with Crippen molar-refractivity contribution in [3.63, 3.8) is 0 Å². The standard InChI is InChI=1S/C40H37F6NO6/c1-25(28-12-6-4-7-13-28)36(49)47-24-33(52-32-16-10-11-27(21-32)22-35(48)51-3)19-17-30-23-31(18-20-34(30)47)38(39(41,42)43,40(44,45)46)53-37(50)26(2)29-14-8-5-9-15-29/h4-16,18,20-21,23,25-26,33H,17,19,22,24H2,1-3H3. The molecule has 4 aromatic rings. The van der Waals surface area contributed by atoms with Crippen LogP contribution < -0.4 is 9.64 Å². The summed E-state index contributed by atoms with van der Waals surface area (Å²) in [7, 11) is 1.25. The lowest BCUT2D eigenvalue weighted by molar-refractivity contribution is -0.378. The minimum Gasteiger partial charge on any atom is -0.489 e. The molecular formula is C40H37F6NO6. The van der Waals surface area contributed by atoms with Gasteiger partial charge in [0.05, 0.1) is 31.9 Å². The minimum atomic E-state index is -6.13. The van der Waals surface area contributed by atoms with E-state index in [1.165, 1.54) is 36.3 Å². The van der Waals surface area contributed by atoms with Crippen LogP contribution >= 0.6 is 0 Å². The molecule has 7 nitrogen and oxygen atoms in total. The van der Waals surface area contributed by atoms with Crippen LogP contribution in [0.15, 0.2) is 103 Å². The normalized spacial score (nSPS) is 16.1. The molecule has 3 atom stereocenters. The van der Waals surface area contributed by atoms with Gasteiger partial charge in [0.1, 0.15) is 11.9 Å². The number of carbonyl (C=O) groups excluding carboxylic acids is 3. The molecule has 1 aliphatic heterocycles. The third-order valence-corrected chi connectivity index (χ3v) is 9.32. The summed E-state index contributed by atoms with van der Waals surface area (Å²) in [5.41, 5.74) is -4.91. The summed E-state index contributed by atoms with van der Waals surface area (Å²) in [6.07, 6.45) is -13.1. The molecule has 0 fully saturated rings. The van der Waals surface area contributed by atoms with Crippen LogP contribution in [0.4, 0.5) is 32.0 Å². The van der Waals surface area contributed by atoms with Gasteiger partial charge in [0.25, 0.3) is 0 Å². The van der Waals surface area contributed by atoms with Gasteiger partial charge in [0.2, 0.25) is 5.91 Å². The Balaban J connectivity index is 1.57. The fraction of sp³-hybridized carbons (Fsp3) is 0.325. The number of ether oxygens (including phenoxy) is 3. The molecule has 0 radical (unpaired) electrons. The van der Waals surface area contributed by atoms with Gasteiger partial charge in [-0.2, -0.15) is 26.3 Å². The van der Waals surface area contributed by atoms with E-state index >= 15 is 0 Å². The van der Waals surface area contributed by atoms with E-state index in [1.54, 1.807) is 67.6 Å². The molecule has 1 heterocycles. The first-order valence-electron chi connectivity index (χ1n) is 16.8. The van der Waals surface area contributed by atoms with Crippen molar-refractivity contribution < 1.29 is 54.9 Å². The Labute approximate surface area is 302 Å². The molecule has 3 unspecified atom stereocenters. The first kappa shape index (κ1) is 38.9. The first-order chi connectivity index (χ1) is 25.1. The van der Waals surface area contributed by atoms with E-state index in [2.05, 4.69) is 4.74 Å². The summed E-state index contributed by atoms with van der Waals surface area (Å²) in [4.78, 5) is 40.4. The second-order valence-corrected chi connectivity index (χ2v) is 12.8. The molecule has 0 bridgehead atoms. The number of esters is 2. The van der Waals surface area contributed by atoms with Gasteiger partial charge >= 0.3 is 29.9 Å². The van der Waals surface area contributed by atoms with Crippen molar-refractivity contribution in [2.45, 2.75) is 69.0 Å². The van der Waals surface area contributed by atoms with Crippen LogP contribution in [-0.4, -0.2) is 50.0 Å². The van der Waals surface area contributed by atoms with Crippen molar-refractivity contribution in [3.8, 4) is 5.75 Å². The predicted octanol–water partition coefficient (Wildman–Crippen LogP) is 8.60. The lowest BCUT2D eigenvalue weighted by atomic mass is 9.88. The average Bonchev–Trinajstić information content (AvgIpc) is 3.31. The van der Waals surface area contributed by atoms with Crippen molar-refractivity contribution in [1.82, 2.24) is 0 Å². The van der Waals surface area contributed by atoms with E-state index in [9.17, 15) is 40.7 Å². The van der Waals surface area contributed by atoms with Crippen LogP contribution in [0.5, 0.6) is 5.75 Å². The number of anilines is 1. The molecule has 1 aliphatic rings. The maximum atomic E-state index is 14.9. The zero-order valence-corrected chi connectivity index (χ0v) is 29.0. The predicted molar refractivity (Wildman–Crippen MR) is 183 cm³/mol. The van der Waals surface area contributed by atoms with Crippen molar-refractivity contribution in [3.05, 3.63) is 131 Å². The molecule has 0 spiro atoms. The van der Waals surface area contributed by atoms with E-state index in [4.69, 9.17) is 9.47 Å². The van der Waals surface area contributed by atoms with E-state index in [1.807, 2.05) is 0 Å². The van der Waals surface area contributed by atoms with Gasteiger partial charge in [-0.05, 0) is 73.2 Å². The van der Waals surface area contributed by atoms with E-state index < -0.39 is 59.3 Å². The number of hydrogen-bond acceptors (Lipinski definition) is 6. The maximum Gasteiger partial charge on any atom is 0.442 e. The fourth-order valence-corrected chi connectivity index (χ4v) is 6.34. The zero-order chi connectivity index (χ0) is 38.6. The number of carbonyl (C=O) groups is 3. The molecule has 4 aromatic carbocycles. The topological polar surface area (TPSA) is 82.1 Å². The zero-order valence-electron chi connectivity index (χ0n) is 29.0. The highest BCUT2D eigenvalue weighted by atomic mass is 19.4. The average molecular weight is 742 g/mol. The summed E-state index contributed by atoms with van der Waals surface area (Å²) >= 11 is 0. The molecule has 280 valence electrons. The second kappa shape index (κ2) is 15.7. The van der Waals surface area contributed by atoms with Crippen LogP contribution in [0.2, 0.25) is 0 Å². The Morgan fingerprint density at radius 2 is 1.38 bits per heavy atom. The molecule has 5 rings (SSSR count). The largest absolute Gasteiger partial charge is 0.489 e. The summed E-state index contributed by atoms with van der Waals surface area (Å²) in [6.45, 7) is 2.71. The molecule has 0 aliphatic carbocycles. The van der Waals surface area contributed by atoms with Gasteiger partial charge in [-0.3, -0.25) is 14.4 Å². The van der Waals surface area contributed by atoms with E-state index in [-0.39, 0.29) is 42.6 Å². The fourth-order valence-electron chi connectivity index (χ4n) is 6.34. The number of amides is 1. The highest BCUT2D eigenvalue weighted by Crippen LogP contribution is 2.54. The smallest absolute Gasteiger partial charge is 0.442 e. The molecule has 0 saturated heterocycles. The lowest BCUT2D eigenvalue weighted by Gasteiger charge is -2.38. The molecule has 53 heavy (non-hydrogen) atoms. The van der Waals surface area contributed by atoms with Gasteiger partial charge in [-0.25, -0.2) is 0 Å². The Bertz CT molecular complexity index is 1900. The molecule has 0 N–H and O–H groups in total. The van der Waals surface area contributed by atoms with Gasteiger partial charge in [0, 0.05) is 11.3 Å². The Morgan fingerprint density at radius 1 is 0.774 bits per heavy atom. The summed E-state index contributed by atoms with van der Waals surface area (Å²) in [5.74, 6) is -4.56. The van der Waals surface area contributed by atoms with Crippen molar-refractivity contribution in [1.29, 1.82) is 0 Å². The SMILES string of the molecule is COC(=O)Cc1cccc(OC2CCc3cc(C(OC(=O)C(C)c4ccccc4)(C(F)(F)F)C(F)(F)F)ccc3N(C(=O)C(C)c3ccccc3)C2)c1. The number of methoxy groups -OCH3 is 1. The van der Waals surface area contributed by atoms with E-state index in [0.717, 1.165) is 13.0 Å². The lowest BCUT2D eigenvalue weighted by Crippen LogP contribution is -2.57. The van der Waals surface area contributed by atoms with Crippen LogP contribution in [0, 0.1) is 0 Å². The minimum absolute atomic E-state index is 0.00770. The maximum absolute atomic E-state index is 14.9. The number of fused-ring (bicyclic) bond motifs is 1. The Hall–Kier alpha value is -5.33. The summed E-state index contributed by atoms with van der Waals surface area (Å²) in [6, 6.07) is 25.0. The third kappa shape index (κ3) is 8.34. The monoisotopic (exact) mass is 741 g/mol. The molecule has 0 aromatic heterocycles. The highest BCUT2D eigenvalue weighted by Gasteiger charge is 2.75. The molecule has 1 amide bonds. The van der Waals surface area contributed by atoms with Gasteiger partial charge in [-0.1, -0.05) is 78.9 Å². The first-order valence-corrected chi connectivity index (χ1v) is 16.8. The molecular weight excluding hydrogens is 704 g/mol. The van der Waals surface area contributed by atoms with Gasteiger partial charge < -0.3 is 19.1 Å². The van der Waals surface area contributed by atoms with Crippen molar-refractivity contribution >= 4 is 23.5 Å². The van der Waals surface area contributed by atoms with Crippen molar-refractivity contribution in [2.75, 3.05) is 18.6 Å². The van der Waals surface area contributed by atoms with Crippen molar-refractivity contribution in [2.24, 2.45) is 0 Å². The number of aryl methyl sites for hydroxylation is 1. The van der Waals surface area contributed by atoms with Crippen LogP contribution in [0.1, 0.15) is 59.9 Å². The van der Waals surface area contributed by atoms with Gasteiger partial charge in [0.15, 0.2) is 0 Å². The van der Waals surface area contributed by atoms with E-state index in [0.29, 0.717) is 29.0 Å². The Kier molecular flexibility index (Phi) is 11.5. The number of rotatable bonds is 10. The Morgan fingerprint density at radius 3 is 1.96 bits per heavy atom. The van der Waals surface area contributed by atoms with Crippen LogP contribution in [0.3, 0.4) is 0 Å². The van der Waals surface area contributed by atoms with Crippen LogP contribution in [-0.2, 0) is 42.3 Å². The number of hydrogen-bond donors (Lipinski definition) is 0. The number of benzene rings is 4. The molecule has 13 heteroatoms. The second-order valence-electron chi connectivity index (χ2n) is 12.8.